The molecule has 2 aliphatic rings. The Kier molecular flexibility index (Phi) is 7.23. The third-order valence-electron chi connectivity index (χ3n) is 6.83. The number of hydrogen-bond donors (Lipinski definition) is 2. The number of piperidine rings is 2. The van der Waals surface area contributed by atoms with Crippen LogP contribution >= 0.6 is 0 Å². The molecule has 0 spiro atoms. The molecule has 1 unspecified atom stereocenters. The number of nitrogens with zero attached hydrogens (tertiary/aromatic N) is 2. The highest BCUT2D eigenvalue weighted by Gasteiger charge is 2.31. The maximum Gasteiger partial charge on any atom is 0.255 e. The third kappa shape index (κ3) is 5.26. The fourth-order valence-electron chi connectivity index (χ4n) is 4.74. The lowest BCUT2D eigenvalue weighted by atomic mass is 9.96. The SMILES string of the molecule is CC1CCCCN1S(=O)(=O)c1cccc(C(=O)Nc2ccc(N3CCC(C(N)=O)CC3)cc2)c1. The summed E-state index contributed by atoms with van der Waals surface area (Å²) >= 11 is 0. The molecular weight excluding hydrogens is 452 g/mol. The minimum atomic E-state index is -3.65. The number of nitrogens with one attached hydrogen (secondary N) is 1. The maximum absolute atomic E-state index is 13.1. The van der Waals surface area contributed by atoms with Crippen LogP contribution < -0.4 is 16.0 Å². The van der Waals surface area contributed by atoms with Gasteiger partial charge in [0.05, 0.1) is 4.90 Å². The lowest BCUT2D eigenvalue weighted by molar-refractivity contribution is -0.122. The van der Waals surface area contributed by atoms with Gasteiger partial charge >= 0.3 is 0 Å². The average Bonchev–Trinajstić information content (AvgIpc) is 2.85. The third-order valence-corrected chi connectivity index (χ3v) is 8.84. The molecule has 0 aromatic heterocycles. The monoisotopic (exact) mass is 484 g/mol. The largest absolute Gasteiger partial charge is 0.371 e. The smallest absolute Gasteiger partial charge is 0.255 e. The number of sulfonamides is 1. The van der Waals surface area contributed by atoms with Crippen molar-refractivity contribution >= 4 is 33.2 Å². The Bertz CT molecular complexity index is 1140. The molecule has 0 saturated carbocycles. The molecule has 0 radical (unpaired) electrons. The highest BCUT2D eigenvalue weighted by molar-refractivity contribution is 7.89. The molecule has 0 bridgehead atoms. The zero-order valence-electron chi connectivity index (χ0n) is 19.4. The molecule has 182 valence electrons. The number of hydrogen-bond acceptors (Lipinski definition) is 5. The van der Waals surface area contributed by atoms with Crippen LogP contribution in [0.5, 0.6) is 0 Å². The van der Waals surface area contributed by atoms with Gasteiger partial charge in [0.1, 0.15) is 0 Å². The first-order valence-corrected chi connectivity index (χ1v) is 13.3. The number of rotatable bonds is 6. The first kappa shape index (κ1) is 24.2. The van der Waals surface area contributed by atoms with Gasteiger partial charge in [-0.15, -0.1) is 0 Å². The summed E-state index contributed by atoms with van der Waals surface area (Å²) < 4.78 is 27.8. The predicted molar refractivity (Wildman–Crippen MR) is 132 cm³/mol. The number of carbonyl (C=O) groups is 2. The number of carbonyl (C=O) groups excluding carboxylic acids is 2. The van der Waals surface area contributed by atoms with E-state index in [1.54, 1.807) is 22.5 Å². The Morgan fingerprint density at radius 2 is 1.68 bits per heavy atom. The molecule has 2 fully saturated rings. The molecule has 2 heterocycles. The van der Waals surface area contributed by atoms with E-state index in [4.69, 9.17) is 5.73 Å². The van der Waals surface area contributed by atoms with E-state index in [-0.39, 0.29) is 28.7 Å². The lowest BCUT2D eigenvalue weighted by Crippen LogP contribution is -2.41. The number of benzene rings is 2. The van der Waals surface area contributed by atoms with E-state index < -0.39 is 10.0 Å². The quantitative estimate of drug-likeness (QED) is 0.654. The van der Waals surface area contributed by atoms with Gasteiger partial charge in [-0.1, -0.05) is 12.5 Å². The van der Waals surface area contributed by atoms with Gasteiger partial charge in [-0.05, 0) is 75.1 Å². The van der Waals surface area contributed by atoms with Crippen LogP contribution in [-0.2, 0) is 14.8 Å². The Hall–Kier alpha value is -2.91. The van der Waals surface area contributed by atoms with E-state index in [0.29, 0.717) is 17.8 Å². The predicted octanol–water partition coefficient (Wildman–Crippen LogP) is 3.20. The normalized spacial score (nSPS) is 20.1. The molecular formula is C25H32N4O4S. The molecule has 4 rings (SSSR count). The van der Waals surface area contributed by atoms with Crippen molar-refractivity contribution in [3.63, 3.8) is 0 Å². The summed E-state index contributed by atoms with van der Waals surface area (Å²) in [5.41, 5.74) is 7.35. The van der Waals surface area contributed by atoms with Crippen molar-refractivity contribution < 1.29 is 18.0 Å². The van der Waals surface area contributed by atoms with Crippen LogP contribution in [0.15, 0.2) is 53.4 Å². The fraction of sp³-hybridized carbons (Fsp3) is 0.440. The van der Waals surface area contributed by atoms with Crippen molar-refractivity contribution in [2.45, 2.75) is 50.0 Å². The van der Waals surface area contributed by atoms with Gasteiger partial charge in [0.25, 0.3) is 5.91 Å². The maximum atomic E-state index is 13.1. The van der Waals surface area contributed by atoms with Crippen LogP contribution in [0.2, 0.25) is 0 Å². The summed E-state index contributed by atoms with van der Waals surface area (Å²) in [5, 5.41) is 2.85. The summed E-state index contributed by atoms with van der Waals surface area (Å²) in [6, 6.07) is 13.7. The van der Waals surface area contributed by atoms with Crippen molar-refractivity contribution in [1.82, 2.24) is 4.31 Å². The zero-order valence-corrected chi connectivity index (χ0v) is 20.3. The molecule has 8 nitrogen and oxygen atoms in total. The first-order valence-electron chi connectivity index (χ1n) is 11.8. The summed E-state index contributed by atoms with van der Waals surface area (Å²) in [6.07, 6.45) is 4.20. The Morgan fingerprint density at radius 1 is 0.971 bits per heavy atom. The molecule has 0 aliphatic carbocycles. The zero-order chi connectivity index (χ0) is 24.3. The second kappa shape index (κ2) is 10.1. The van der Waals surface area contributed by atoms with Gasteiger partial charge < -0.3 is 16.0 Å². The van der Waals surface area contributed by atoms with Crippen LogP contribution in [0, 0.1) is 5.92 Å². The highest BCUT2D eigenvalue weighted by atomic mass is 32.2. The van der Waals surface area contributed by atoms with Crippen molar-refractivity contribution in [1.29, 1.82) is 0 Å². The Balaban J connectivity index is 1.42. The van der Waals surface area contributed by atoms with Crippen LogP contribution in [-0.4, -0.2) is 50.2 Å². The summed E-state index contributed by atoms with van der Waals surface area (Å²) in [4.78, 5) is 26.5. The minimum Gasteiger partial charge on any atom is -0.371 e. The van der Waals surface area contributed by atoms with Crippen LogP contribution in [0.25, 0.3) is 0 Å². The van der Waals surface area contributed by atoms with Crippen LogP contribution in [0.3, 0.4) is 0 Å². The number of anilines is 2. The number of primary amides is 1. The van der Waals surface area contributed by atoms with E-state index in [1.165, 1.54) is 6.07 Å². The Labute approximate surface area is 201 Å². The van der Waals surface area contributed by atoms with Gasteiger partial charge in [-0.25, -0.2) is 8.42 Å². The molecule has 2 aromatic rings. The standard InChI is InChI=1S/C25H32N4O4S/c1-18-5-2-3-14-29(18)34(32,33)23-7-4-6-20(17-23)25(31)27-21-8-10-22(11-9-21)28-15-12-19(13-16-28)24(26)30/h4,6-11,17-19H,2-3,5,12-16H2,1H3,(H2,26,30)(H,27,31). The fourth-order valence-corrected chi connectivity index (χ4v) is 6.49. The Morgan fingerprint density at radius 3 is 2.32 bits per heavy atom. The van der Waals surface area contributed by atoms with Crippen molar-refractivity contribution in [3.8, 4) is 0 Å². The van der Waals surface area contributed by atoms with Crippen LogP contribution in [0.1, 0.15) is 49.4 Å². The molecule has 2 amide bonds. The second-order valence-corrected chi connectivity index (χ2v) is 11.0. The van der Waals surface area contributed by atoms with Gasteiger partial charge in [0.15, 0.2) is 0 Å². The van der Waals surface area contributed by atoms with Crippen molar-refractivity contribution in [3.05, 3.63) is 54.1 Å². The summed E-state index contributed by atoms with van der Waals surface area (Å²) in [7, 11) is -3.65. The van der Waals surface area contributed by atoms with E-state index in [2.05, 4.69) is 10.2 Å². The van der Waals surface area contributed by atoms with Crippen LogP contribution in [0.4, 0.5) is 11.4 Å². The van der Waals surface area contributed by atoms with Crippen molar-refractivity contribution in [2.75, 3.05) is 29.9 Å². The average molecular weight is 485 g/mol. The summed E-state index contributed by atoms with van der Waals surface area (Å²) in [6.45, 7) is 3.95. The van der Waals surface area contributed by atoms with Gasteiger partial charge in [0, 0.05) is 48.5 Å². The molecule has 9 heteroatoms. The molecule has 1 atom stereocenters. The van der Waals surface area contributed by atoms with E-state index >= 15 is 0 Å². The lowest BCUT2D eigenvalue weighted by Gasteiger charge is -2.32. The second-order valence-electron chi connectivity index (χ2n) is 9.15. The molecule has 34 heavy (non-hydrogen) atoms. The van der Waals surface area contributed by atoms with Gasteiger partial charge in [-0.3, -0.25) is 9.59 Å². The minimum absolute atomic E-state index is 0.0451. The molecule has 2 aliphatic heterocycles. The van der Waals surface area contributed by atoms with E-state index in [9.17, 15) is 18.0 Å². The topological polar surface area (TPSA) is 113 Å². The van der Waals surface area contributed by atoms with E-state index in [0.717, 1.165) is 50.9 Å². The molecule has 3 N–H and O–H groups in total. The van der Waals surface area contributed by atoms with Gasteiger partial charge in [-0.2, -0.15) is 4.31 Å². The first-order chi connectivity index (χ1) is 16.3. The highest BCUT2D eigenvalue weighted by Crippen LogP contribution is 2.27. The van der Waals surface area contributed by atoms with Gasteiger partial charge in [0.2, 0.25) is 15.9 Å². The number of nitrogens with two attached hydrogens (primary N) is 1. The molecule has 2 saturated heterocycles. The van der Waals surface area contributed by atoms with E-state index in [1.807, 2.05) is 31.2 Å². The molecule has 2 aromatic carbocycles. The number of amides is 2. The summed E-state index contributed by atoms with van der Waals surface area (Å²) in [5.74, 6) is -0.661. The van der Waals surface area contributed by atoms with Crippen molar-refractivity contribution in [2.24, 2.45) is 11.7 Å².